The first-order chi connectivity index (χ1) is 20.5. The molecule has 0 spiro atoms. The first kappa shape index (κ1) is 38.9. The van der Waals surface area contributed by atoms with Crippen LogP contribution >= 0.6 is 0 Å². The summed E-state index contributed by atoms with van der Waals surface area (Å²) in [7, 11) is -3.88. The van der Waals surface area contributed by atoms with Gasteiger partial charge in [0, 0.05) is 0 Å². The molecule has 0 fully saturated rings. The van der Waals surface area contributed by atoms with Crippen molar-refractivity contribution in [2.45, 2.75) is 148 Å². The van der Waals surface area contributed by atoms with Crippen LogP contribution in [0.3, 0.4) is 0 Å². The highest BCUT2D eigenvalue weighted by Gasteiger charge is 2.40. The van der Waals surface area contributed by atoms with Crippen molar-refractivity contribution in [1.29, 1.82) is 0 Å². The van der Waals surface area contributed by atoms with E-state index in [2.05, 4.69) is 92.0 Å². The quantitative estimate of drug-likeness (QED) is 0.145. The number of ether oxygens (including phenoxy) is 2. The summed E-state index contributed by atoms with van der Waals surface area (Å²) in [5.41, 5.74) is 2.35. The Morgan fingerprint density at radius 3 is 1.23 bits per heavy atom. The van der Waals surface area contributed by atoms with Gasteiger partial charge in [-0.3, -0.25) is 0 Å². The fourth-order valence-electron chi connectivity index (χ4n) is 4.61. The van der Waals surface area contributed by atoms with E-state index in [1.165, 1.54) is 11.1 Å². The van der Waals surface area contributed by atoms with Gasteiger partial charge in [-0.15, -0.1) is 0 Å². The second-order valence-electron chi connectivity index (χ2n) is 15.5. The lowest BCUT2D eigenvalue weighted by Crippen LogP contribution is -2.45. The molecule has 0 saturated carbocycles. The summed E-state index contributed by atoms with van der Waals surface area (Å²) in [6.07, 6.45) is 4.91. The molecule has 2 aromatic carbocycles. The van der Waals surface area contributed by atoms with E-state index in [0.717, 1.165) is 38.5 Å². The molecular formula is C37H64O5Si2. The standard InChI is InChI=1S/C37H64O5Si2/c1-36(2,3)43(7,8)41-34(29-39-27-31-19-13-11-14-20-31)25-17-23-33(38)24-18-26-35(42-44(9,10)37(4,5)6)30-40-28-32-21-15-12-16-22-32/h11-16,19-22,33-35,38H,17-18,23-30H2,1-10H3/t34-,35-/m1/s1. The van der Waals surface area contributed by atoms with Crippen molar-refractivity contribution in [3.05, 3.63) is 71.8 Å². The van der Waals surface area contributed by atoms with Crippen molar-refractivity contribution in [3.63, 3.8) is 0 Å². The van der Waals surface area contributed by atoms with Gasteiger partial charge in [0.25, 0.3) is 0 Å². The van der Waals surface area contributed by atoms with Gasteiger partial charge in [0.15, 0.2) is 16.6 Å². The molecule has 5 nitrogen and oxygen atoms in total. The highest BCUT2D eigenvalue weighted by atomic mass is 28.4. The molecule has 2 rings (SSSR count). The molecule has 0 unspecified atom stereocenters. The molecule has 0 aliphatic rings. The number of aliphatic hydroxyl groups is 1. The highest BCUT2D eigenvalue weighted by Crippen LogP contribution is 2.39. The summed E-state index contributed by atoms with van der Waals surface area (Å²) in [4.78, 5) is 0. The van der Waals surface area contributed by atoms with E-state index in [9.17, 15) is 5.11 Å². The van der Waals surface area contributed by atoms with Gasteiger partial charge < -0.3 is 23.4 Å². The van der Waals surface area contributed by atoms with Crippen molar-refractivity contribution in [1.82, 2.24) is 0 Å². The average molecular weight is 645 g/mol. The molecule has 0 amide bonds. The minimum Gasteiger partial charge on any atom is -0.412 e. The van der Waals surface area contributed by atoms with Crippen LogP contribution in [0.2, 0.25) is 36.3 Å². The first-order valence-electron chi connectivity index (χ1n) is 16.8. The van der Waals surface area contributed by atoms with Crippen LogP contribution < -0.4 is 0 Å². The van der Waals surface area contributed by atoms with Gasteiger partial charge in [-0.2, -0.15) is 0 Å². The molecule has 0 bridgehead atoms. The number of hydrogen-bond acceptors (Lipinski definition) is 5. The summed E-state index contributed by atoms with van der Waals surface area (Å²) in [6, 6.07) is 20.6. The molecule has 0 saturated heterocycles. The van der Waals surface area contributed by atoms with Gasteiger partial charge in [0.2, 0.25) is 0 Å². The zero-order chi connectivity index (χ0) is 32.9. The van der Waals surface area contributed by atoms with Crippen molar-refractivity contribution < 1.29 is 23.4 Å². The maximum atomic E-state index is 10.9. The highest BCUT2D eigenvalue weighted by molar-refractivity contribution is 6.74. The summed E-state index contributed by atoms with van der Waals surface area (Å²) in [5, 5.41) is 11.2. The van der Waals surface area contributed by atoms with Crippen molar-refractivity contribution >= 4 is 16.6 Å². The molecule has 1 N–H and O–H groups in total. The minimum atomic E-state index is -1.94. The third-order valence-corrected chi connectivity index (χ3v) is 18.6. The lowest BCUT2D eigenvalue weighted by molar-refractivity contribution is 0.0246. The van der Waals surface area contributed by atoms with Crippen molar-refractivity contribution in [3.8, 4) is 0 Å². The molecule has 0 aliphatic heterocycles. The molecule has 0 heterocycles. The van der Waals surface area contributed by atoms with Crippen molar-refractivity contribution in [2.24, 2.45) is 0 Å². The van der Waals surface area contributed by atoms with Crippen LogP contribution in [0.4, 0.5) is 0 Å². The second-order valence-corrected chi connectivity index (χ2v) is 25.0. The Kier molecular flexibility index (Phi) is 16.0. The van der Waals surface area contributed by atoms with Crippen LogP contribution in [0.25, 0.3) is 0 Å². The smallest absolute Gasteiger partial charge is 0.192 e. The largest absolute Gasteiger partial charge is 0.412 e. The Bertz CT molecular complexity index is 948. The normalized spacial score (nSPS) is 14.6. The Labute approximate surface area is 272 Å². The predicted octanol–water partition coefficient (Wildman–Crippen LogP) is 9.90. The first-order valence-corrected chi connectivity index (χ1v) is 22.6. The number of benzene rings is 2. The summed E-state index contributed by atoms with van der Waals surface area (Å²) in [6.45, 7) is 25.2. The Hall–Kier alpha value is -1.33. The van der Waals surface area contributed by atoms with Crippen LogP contribution in [0.5, 0.6) is 0 Å². The van der Waals surface area contributed by atoms with Crippen molar-refractivity contribution in [2.75, 3.05) is 13.2 Å². The molecule has 0 aromatic heterocycles. The average Bonchev–Trinajstić information content (AvgIpc) is 2.92. The molecule has 0 radical (unpaired) electrons. The molecule has 0 aliphatic carbocycles. The fourth-order valence-corrected chi connectivity index (χ4v) is 7.36. The third kappa shape index (κ3) is 14.4. The van der Waals surface area contributed by atoms with Gasteiger partial charge in [-0.05, 0) is 85.9 Å². The van der Waals surface area contributed by atoms with Gasteiger partial charge in [0.1, 0.15) is 0 Å². The van der Waals surface area contributed by atoms with E-state index in [4.69, 9.17) is 18.3 Å². The van der Waals surface area contributed by atoms with E-state index in [0.29, 0.717) is 26.4 Å². The zero-order valence-corrected chi connectivity index (χ0v) is 31.7. The van der Waals surface area contributed by atoms with Crippen LogP contribution in [0, 0.1) is 0 Å². The van der Waals surface area contributed by atoms with Gasteiger partial charge >= 0.3 is 0 Å². The van der Waals surface area contributed by atoms with Crippen LogP contribution in [0.15, 0.2) is 60.7 Å². The minimum absolute atomic E-state index is 0.0379. The SMILES string of the molecule is CC(C)(C)[Si](C)(C)O[C@H](CCCC(O)CCC[C@H](COCc1ccccc1)O[Si](C)(C)C(C)(C)C)COCc1ccccc1. The summed E-state index contributed by atoms with van der Waals surface area (Å²) < 4.78 is 25.8. The Balaban J connectivity index is 1.86. The van der Waals surface area contributed by atoms with E-state index in [-0.39, 0.29) is 28.4 Å². The molecule has 2 aromatic rings. The second kappa shape index (κ2) is 18.1. The van der Waals surface area contributed by atoms with E-state index in [1.54, 1.807) is 0 Å². The number of hydrogen-bond donors (Lipinski definition) is 1. The van der Waals surface area contributed by atoms with Gasteiger partial charge in [0.05, 0.1) is 44.7 Å². The van der Waals surface area contributed by atoms with Gasteiger partial charge in [-0.1, -0.05) is 102 Å². The molecule has 250 valence electrons. The van der Waals surface area contributed by atoms with E-state index >= 15 is 0 Å². The van der Waals surface area contributed by atoms with E-state index < -0.39 is 16.6 Å². The fraction of sp³-hybridized carbons (Fsp3) is 0.676. The topological polar surface area (TPSA) is 57.2 Å². The van der Waals surface area contributed by atoms with Crippen LogP contribution in [0.1, 0.15) is 91.2 Å². The molecule has 2 atom stereocenters. The van der Waals surface area contributed by atoms with E-state index in [1.807, 2.05) is 36.4 Å². The Morgan fingerprint density at radius 2 is 0.909 bits per heavy atom. The number of rotatable bonds is 20. The maximum Gasteiger partial charge on any atom is 0.192 e. The number of aliphatic hydroxyl groups excluding tert-OH is 1. The van der Waals surface area contributed by atoms with Gasteiger partial charge in [-0.25, -0.2) is 0 Å². The Morgan fingerprint density at radius 1 is 0.568 bits per heavy atom. The predicted molar refractivity (Wildman–Crippen MR) is 190 cm³/mol. The maximum absolute atomic E-state index is 10.9. The summed E-state index contributed by atoms with van der Waals surface area (Å²) in [5.74, 6) is 0. The third-order valence-electron chi connectivity index (χ3n) is 9.49. The molecular weight excluding hydrogens is 581 g/mol. The lowest BCUT2D eigenvalue weighted by Gasteiger charge is -2.39. The van der Waals surface area contributed by atoms with Crippen LogP contribution in [-0.4, -0.2) is 53.3 Å². The molecule has 7 heteroatoms. The molecule has 44 heavy (non-hydrogen) atoms. The zero-order valence-electron chi connectivity index (χ0n) is 29.7. The summed E-state index contributed by atoms with van der Waals surface area (Å²) >= 11 is 0. The van der Waals surface area contributed by atoms with Crippen LogP contribution in [-0.2, 0) is 31.5 Å². The monoisotopic (exact) mass is 644 g/mol. The lowest BCUT2D eigenvalue weighted by atomic mass is 10.0.